The van der Waals surface area contributed by atoms with Crippen molar-refractivity contribution in [2.24, 2.45) is 0 Å². The Morgan fingerprint density at radius 1 is 1.13 bits per heavy atom. The van der Waals surface area contributed by atoms with Gasteiger partial charge < -0.3 is 4.42 Å². The SMILES string of the molecule is CC1(c2cc3ccccc3o2)C(Cl)C(=O)N1c1ccc(Cl)cc1. The average Bonchev–Trinajstić information content (AvgIpc) is 3.00. The summed E-state index contributed by atoms with van der Waals surface area (Å²) < 4.78 is 5.96. The number of carbonyl (C=O) groups excluding carboxylic acids is 1. The number of para-hydroxylation sites is 1. The number of anilines is 1. The van der Waals surface area contributed by atoms with E-state index in [1.165, 1.54) is 0 Å². The molecule has 0 radical (unpaired) electrons. The van der Waals surface area contributed by atoms with Gasteiger partial charge in [-0.15, -0.1) is 11.6 Å². The normalized spacial score (nSPS) is 24.0. The predicted molar refractivity (Wildman–Crippen MR) is 92.1 cm³/mol. The van der Waals surface area contributed by atoms with Gasteiger partial charge in [0.05, 0.1) is 0 Å². The molecule has 0 aliphatic carbocycles. The third-order valence-electron chi connectivity index (χ3n) is 4.40. The minimum absolute atomic E-state index is 0.142. The number of fused-ring (bicyclic) bond motifs is 1. The van der Waals surface area contributed by atoms with Crippen LogP contribution in [0.3, 0.4) is 0 Å². The van der Waals surface area contributed by atoms with E-state index in [4.69, 9.17) is 27.6 Å². The smallest absolute Gasteiger partial charge is 0.248 e. The molecule has 1 aliphatic rings. The minimum Gasteiger partial charge on any atom is -0.458 e. The summed E-state index contributed by atoms with van der Waals surface area (Å²) in [5.41, 5.74) is 0.799. The lowest BCUT2D eigenvalue weighted by Gasteiger charge is -2.51. The van der Waals surface area contributed by atoms with Gasteiger partial charge in [0, 0.05) is 16.1 Å². The molecule has 0 N–H and O–H groups in total. The Morgan fingerprint density at radius 3 is 2.52 bits per heavy atom. The highest BCUT2D eigenvalue weighted by Gasteiger charge is 2.60. The van der Waals surface area contributed by atoms with Crippen molar-refractivity contribution in [2.45, 2.75) is 17.8 Å². The fourth-order valence-electron chi connectivity index (χ4n) is 3.08. The molecule has 0 saturated carbocycles. The lowest BCUT2D eigenvalue weighted by atomic mass is 9.82. The minimum atomic E-state index is -0.731. The lowest BCUT2D eigenvalue weighted by molar-refractivity contribution is -0.127. The largest absolute Gasteiger partial charge is 0.458 e. The molecule has 4 rings (SSSR count). The first-order valence-electron chi connectivity index (χ1n) is 7.24. The topological polar surface area (TPSA) is 33.5 Å². The summed E-state index contributed by atoms with van der Waals surface area (Å²) in [6.45, 7) is 1.92. The second-order valence-electron chi connectivity index (χ2n) is 5.81. The molecule has 1 fully saturated rings. The molecule has 3 nitrogen and oxygen atoms in total. The van der Waals surface area contributed by atoms with Crippen LogP contribution in [0.1, 0.15) is 12.7 Å². The Balaban J connectivity index is 1.83. The molecule has 3 aromatic rings. The predicted octanol–water partition coefficient (Wildman–Crippen LogP) is 4.96. The maximum atomic E-state index is 12.4. The number of halogens is 2. The summed E-state index contributed by atoms with van der Waals surface area (Å²) in [4.78, 5) is 14.0. The van der Waals surface area contributed by atoms with Gasteiger partial charge in [0.25, 0.3) is 0 Å². The van der Waals surface area contributed by atoms with Crippen molar-refractivity contribution < 1.29 is 9.21 Å². The Kier molecular flexibility index (Phi) is 3.19. The highest BCUT2D eigenvalue weighted by Crippen LogP contribution is 2.48. The maximum Gasteiger partial charge on any atom is 0.248 e. The highest BCUT2D eigenvalue weighted by molar-refractivity contribution is 6.38. The van der Waals surface area contributed by atoms with Crippen LogP contribution in [0.25, 0.3) is 11.0 Å². The van der Waals surface area contributed by atoms with E-state index in [1.807, 2.05) is 49.4 Å². The molecular formula is C18H13Cl2NO2. The molecule has 116 valence electrons. The Bertz CT molecular complexity index is 870. The van der Waals surface area contributed by atoms with Crippen molar-refractivity contribution in [3.8, 4) is 0 Å². The number of furan rings is 1. The molecule has 5 heteroatoms. The van der Waals surface area contributed by atoms with Crippen molar-refractivity contribution in [1.29, 1.82) is 0 Å². The van der Waals surface area contributed by atoms with Gasteiger partial charge >= 0.3 is 0 Å². The van der Waals surface area contributed by atoms with Gasteiger partial charge in [0.15, 0.2) is 0 Å². The molecule has 1 saturated heterocycles. The highest BCUT2D eigenvalue weighted by atomic mass is 35.5. The molecule has 1 aliphatic heterocycles. The lowest BCUT2D eigenvalue weighted by Crippen LogP contribution is -2.69. The summed E-state index contributed by atoms with van der Waals surface area (Å²) >= 11 is 12.3. The summed E-state index contributed by atoms with van der Waals surface area (Å²) in [5, 5.41) is 0.941. The maximum absolute atomic E-state index is 12.4. The van der Waals surface area contributed by atoms with Crippen LogP contribution in [-0.2, 0) is 10.3 Å². The van der Waals surface area contributed by atoms with E-state index in [1.54, 1.807) is 17.0 Å². The van der Waals surface area contributed by atoms with Crippen molar-refractivity contribution in [3.05, 3.63) is 65.4 Å². The van der Waals surface area contributed by atoms with Crippen molar-refractivity contribution in [3.63, 3.8) is 0 Å². The van der Waals surface area contributed by atoms with E-state index >= 15 is 0 Å². The fourth-order valence-corrected chi connectivity index (χ4v) is 3.51. The molecule has 2 aromatic carbocycles. The van der Waals surface area contributed by atoms with Crippen LogP contribution in [-0.4, -0.2) is 11.3 Å². The van der Waals surface area contributed by atoms with Crippen LogP contribution in [0.5, 0.6) is 0 Å². The van der Waals surface area contributed by atoms with Crippen molar-refractivity contribution in [1.82, 2.24) is 0 Å². The van der Waals surface area contributed by atoms with Crippen LogP contribution in [0.15, 0.2) is 59.0 Å². The van der Waals surface area contributed by atoms with E-state index in [9.17, 15) is 4.79 Å². The van der Waals surface area contributed by atoms with Crippen LogP contribution >= 0.6 is 23.2 Å². The third kappa shape index (κ3) is 2.00. The second kappa shape index (κ2) is 5.02. The van der Waals surface area contributed by atoms with Gasteiger partial charge in [-0.25, -0.2) is 0 Å². The number of alkyl halides is 1. The quantitative estimate of drug-likeness (QED) is 0.486. The molecule has 2 atom stereocenters. The summed E-state index contributed by atoms with van der Waals surface area (Å²) in [7, 11) is 0. The summed E-state index contributed by atoms with van der Waals surface area (Å²) in [6, 6.07) is 16.8. The van der Waals surface area contributed by atoms with Gasteiger partial charge in [-0.1, -0.05) is 29.8 Å². The number of hydrogen-bond acceptors (Lipinski definition) is 2. The molecule has 23 heavy (non-hydrogen) atoms. The van der Waals surface area contributed by atoms with Gasteiger partial charge in [0.2, 0.25) is 5.91 Å². The zero-order valence-corrected chi connectivity index (χ0v) is 13.8. The number of β-lactam (4-membered cyclic amide) rings is 1. The molecule has 0 spiro atoms. The van der Waals surface area contributed by atoms with Crippen molar-refractivity contribution in [2.75, 3.05) is 4.90 Å². The summed E-state index contributed by atoms with van der Waals surface area (Å²) in [5.74, 6) is 0.533. The molecule has 1 amide bonds. The standard InChI is InChI=1S/C18H13Cl2NO2/c1-18(15-10-11-4-2-3-5-14(11)23-15)16(20)17(22)21(18)13-8-6-12(19)7-9-13/h2-10,16H,1H3. The average molecular weight is 346 g/mol. The van der Waals surface area contributed by atoms with Gasteiger partial charge in [0.1, 0.15) is 22.3 Å². The Hall–Kier alpha value is -1.97. The van der Waals surface area contributed by atoms with Gasteiger partial charge in [-0.05, 0) is 43.3 Å². The number of nitrogens with zero attached hydrogens (tertiary/aromatic N) is 1. The molecule has 0 bridgehead atoms. The van der Waals surface area contributed by atoms with E-state index < -0.39 is 10.9 Å². The molecular weight excluding hydrogens is 333 g/mol. The van der Waals surface area contributed by atoms with Crippen LogP contribution in [0.4, 0.5) is 5.69 Å². The van der Waals surface area contributed by atoms with E-state index in [-0.39, 0.29) is 5.91 Å². The Morgan fingerprint density at radius 2 is 1.83 bits per heavy atom. The molecule has 2 unspecified atom stereocenters. The van der Waals surface area contributed by atoms with E-state index in [2.05, 4.69) is 0 Å². The molecule has 2 heterocycles. The number of benzene rings is 2. The van der Waals surface area contributed by atoms with E-state index in [0.29, 0.717) is 10.8 Å². The van der Waals surface area contributed by atoms with Gasteiger partial charge in [-0.3, -0.25) is 9.69 Å². The van der Waals surface area contributed by atoms with Crippen LogP contribution in [0.2, 0.25) is 5.02 Å². The first kappa shape index (κ1) is 14.6. The monoisotopic (exact) mass is 345 g/mol. The zero-order valence-electron chi connectivity index (χ0n) is 12.3. The van der Waals surface area contributed by atoms with Crippen LogP contribution in [0, 0.1) is 0 Å². The number of hydrogen-bond donors (Lipinski definition) is 0. The first-order valence-corrected chi connectivity index (χ1v) is 8.06. The number of carbonyl (C=O) groups is 1. The third-order valence-corrected chi connectivity index (χ3v) is 5.27. The van der Waals surface area contributed by atoms with E-state index in [0.717, 1.165) is 16.7 Å². The second-order valence-corrected chi connectivity index (χ2v) is 6.68. The van der Waals surface area contributed by atoms with Crippen molar-refractivity contribution >= 4 is 45.8 Å². The van der Waals surface area contributed by atoms with Gasteiger partial charge in [-0.2, -0.15) is 0 Å². The Labute approximate surface area is 143 Å². The number of amides is 1. The fraction of sp³-hybridized carbons (Fsp3) is 0.167. The number of rotatable bonds is 2. The first-order chi connectivity index (χ1) is 11.0. The summed E-state index contributed by atoms with van der Waals surface area (Å²) in [6.07, 6.45) is 0. The van der Waals surface area contributed by atoms with Crippen LogP contribution < -0.4 is 4.90 Å². The zero-order chi connectivity index (χ0) is 16.2. The molecule has 1 aromatic heterocycles.